The van der Waals surface area contributed by atoms with Gasteiger partial charge in [-0.2, -0.15) is 5.10 Å². The van der Waals surface area contributed by atoms with E-state index in [-0.39, 0.29) is 23.6 Å². The normalized spacial score (nSPS) is 11.2. The van der Waals surface area contributed by atoms with Crippen LogP contribution in [0.15, 0.2) is 81.4 Å². The lowest BCUT2D eigenvalue weighted by atomic mass is 10.1. The Balaban J connectivity index is 1.73. The van der Waals surface area contributed by atoms with Crippen LogP contribution >= 0.6 is 0 Å². The van der Waals surface area contributed by atoms with E-state index >= 15 is 0 Å². The molecule has 9 heteroatoms. The average Bonchev–Trinajstić information content (AvgIpc) is 2.78. The van der Waals surface area contributed by atoms with Gasteiger partial charge in [-0.3, -0.25) is 14.9 Å². The van der Waals surface area contributed by atoms with Crippen LogP contribution in [-0.4, -0.2) is 20.8 Å². The maximum atomic E-state index is 12.7. The molecule has 0 bridgehead atoms. The summed E-state index contributed by atoms with van der Waals surface area (Å²) < 4.78 is 6.44. The van der Waals surface area contributed by atoms with Gasteiger partial charge >= 0.3 is 11.4 Å². The summed E-state index contributed by atoms with van der Waals surface area (Å²) in [5.41, 5.74) is 0.987. The largest absolute Gasteiger partial charge is 0.481 e. The van der Waals surface area contributed by atoms with Gasteiger partial charge in [0.05, 0.1) is 22.0 Å². The van der Waals surface area contributed by atoms with Crippen LogP contribution in [0.4, 0.5) is 5.69 Å². The number of aryl methyl sites for hydroxylation is 1. The Hall–Kier alpha value is -4.53. The minimum Gasteiger partial charge on any atom is -0.481 e. The molecule has 0 amide bonds. The molecular formula is C23H18N4O5. The molecule has 0 aliphatic rings. The van der Waals surface area contributed by atoms with Gasteiger partial charge in [0.15, 0.2) is 0 Å². The third kappa shape index (κ3) is 4.17. The molecule has 3 aromatic carbocycles. The molecule has 0 saturated carbocycles. The highest BCUT2D eigenvalue weighted by atomic mass is 16.6. The zero-order chi connectivity index (χ0) is 22.7. The first-order valence-electron chi connectivity index (χ1n) is 9.68. The van der Waals surface area contributed by atoms with Gasteiger partial charge in [-0.1, -0.05) is 48.0 Å². The molecule has 0 saturated heterocycles. The number of nitrogens with zero attached hydrogens (tertiary/aromatic N) is 3. The Kier molecular flexibility index (Phi) is 5.63. The maximum Gasteiger partial charge on any atom is 0.349 e. The van der Waals surface area contributed by atoms with E-state index in [0.717, 1.165) is 11.1 Å². The molecule has 1 heterocycles. The van der Waals surface area contributed by atoms with E-state index in [1.54, 1.807) is 30.3 Å². The van der Waals surface area contributed by atoms with E-state index in [2.05, 4.69) is 10.1 Å². The van der Waals surface area contributed by atoms with Crippen LogP contribution in [0.25, 0.3) is 10.9 Å². The molecule has 0 unspecified atom stereocenters. The summed E-state index contributed by atoms with van der Waals surface area (Å²) in [5.74, 6) is -0.00732. The molecule has 160 valence electrons. The summed E-state index contributed by atoms with van der Waals surface area (Å²) in [5, 5.41) is 15.8. The second-order valence-electron chi connectivity index (χ2n) is 7.06. The highest BCUT2D eigenvalue weighted by molar-refractivity contribution is 5.86. The molecule has 9 nitrogen and oxygen atoms in total. The summed E-state index contributed by atoms with van der Waals surface area (Å²) in [4.78, 5) is 38.5. The summed E-state index contributed by atoms with van der Waals surface area (Å²) in [7, 11) is 0. The number of rotatable bonds is 6. The quantitative estimate of drug-likeness (QED) is 0.286. The van der Waals surface area contributed by atoms with Crippen LogP contribution in [0.3, 0.4) is 0 Å². The van der Waals surface area contributed by atoms with Crippen LogP contribution in [0, 0.1) is 17.0 Å². The van der Waals surface area contributed by atoms with Gasteiger partial charge in [0, 0.05) is 11.6 Å². The van der Waals surface area contributed by atoms with Crippen molar-refractivity contribution in [3.05, 3.63) is 114 Å². The number of nitro groups is 1. The van der Waals surface area contributed by atoms with E-state index < -0.39 is 16.2 Å². The first-order valence-corrected chi connectivity index (χ1v) is 9.68. The Bertz CT molecular complexity index is 1450. The average molecular weight is 430 g/mol. The Labute approximate surface area is 181 Å². The second-order valence-corrected chi connectivity index (χ2v) is 7.06. The third-order valence-electron chi connectivity index (χ3n) is 4.82. The lowest BCUT2D eigenvalue weighted by Crippen LogP contribution is -2.32. The number of benzene rings is 3. The lowest BCUT2D eigenvalue weighted by Gasteiger charge is -2.10. The number of hydrogen-bond acceptors (Lipinski definition) is 6. The molecule has 1 aromatic heterocycles. The fourth-order valence-electron chi connectivity index (χ4n) is 3.16. The molecule has 1 N–H and O–H groups in total. The van der Waals surface area contributed by atoms with Crippen molar-refractivity contribution in [3.63, 3.8) is 0 Å². The van der Waals surface area contributed by atoms with Gasteiger partial charge < -0.3 is 9.72 Å². The van der Waals surface area contributed by atoms with Gasteiger partial charge in [0.2, 0.25) is 5.75 Å². The van der Waals surface area contributed by atoms with Gasteiger partial charge in [0.1, 0.15) is 6.61 Å². The van der Waals surface area contributed by atoms with Crippen LogP contribution in [0.1, 0.15) is 16.7 Å². The number of ether oxygens (including phenoxy) is 1. The predicted molar refractivity (Wildman–Crippen MR) is 120 cm³/mol. The van der Waals surface area contributed by atoms with E-state index in [0.29, 0.717) is 15.6 Å². The van der Waals surface area contributed by atoms with Crippen molar-refractivity contribution in [2.45, 2.75) is 13.5 Å². The van der Waals surface area contributed by atoms with Crippen molar-refractivity contribution in [3.8, 4) is 5.75 Å². The molecule has 0 radical (unpaired) electrons. The number of H-pyrrole nitrogens is 1. The first kappa shape index (κ1) is 20.7. The molecule has 0 spiro atoms. The number of aromatic amines is 1. The fraction of sp³-hybridized carbons (Fsp3) is 0.0870. The van der Waals surface area contributed by atoms with Crippen LogP contribution in [-0.2, 0) is 6.61 Å². The minimum absolute atomic E-state index is 0.00732. The predicted octanol–water partition coefficient (Wildman–Crippen LogP) is 3.37. The summed E-state index contributed by atoms with van der Waals surface area (Å²) in [6.07, 6.45) is 1.20. The smallest absolute Gasteiger partial charge is 0.349 e. The van der Waals surface area contributed by atoms with Crippen molar-refractivity contribution in [1.82, 2.24) is 9.66 Å². The number of hydrogen-bond donors (Lipinski definition) is 1. The minimum atomic E-state index is -0.725. The van der Waals surface area contributed by atoms with Gasteiger partial charge in [0.25, 0.3) is 5.56 Å². The number of aromatic nitrogens is 2. The molecule has 0 fully saturated rings. The number of nitrogens with one attached hydrogen (secondary N) is 1. The van der Waals surface area contributed by atoms with Crippen molar-refractivity contribution in [1.29, 1.82) is 0 Å². The topological polar surface area (TPSA) is 120 Å². The molecule has 0 aliphatic heterocycles. The number of para-hydroxylation sites is 2. The highest BCUT2D eigenvalue weighted by Crippen LogP contribution is 2.30. The van der Waals surface area contributed by atoms with E-state index in [4.69, 9.17) is 4.74 Å². The van der Waals surface area contributed by atoms with Crippen molar-refractivity contribution >= 4 is 22.8 Å². The molecular weight excluding hydrogens is 412 g/mol. The molecule has 0 aliphatic carbocycles. The molecule has 32 heavy (non-hydrogen) atoms. The van der Waals surface area contributed by atoms with Crippen molar-refractivity contribution < 1.29 is 9.66 Å². The van der Waals surface area contributed by atoms with Crippen LogP contribution < -0.4 is 16.0 Å². The first-order chi connectivity index (χ1) is 15.4. The van der Waals surface area contributed by atoms with Crippen LogP contribution in [0.2, 0.25) is 0 Å². The zero-order valence-electron chi connectivity index (χ0n) is 17.0. The van der Waals surface area contributed by atoms with Crippen LogP contribution in [0.5, 0.6) is 5.75 Å². The zero-order valence-corrected chi connectivity index (χ0v) is 17.0. The Morgan fingerprint density at radius 3 is 2.56 bits per heavy atom. The fourth-order valence-corrected chi connectivity index (χ4v) is 3.16. The maximum absolute atomic E-state index is 12.7. The Morgan fingerprint density at radius 2 is 1.81 bits per heavy atom. The third-order valence-corrected chi connectivity index (χ3v) is 4.82. The molecule has 4 aromatic rings. The Morgan fingerprint density at radius 1 is 1.06 bits per heavy atom. The van der Waals surface area contributed by atoms with Crippen molar-refractivity contribution in [2.24, 2.45) is 5.10 Å². The van der Waals surface area contributed by atoms with E-state index in [9.17, 15) is 19.7 Å². The summed E-state index contributed by atoms with van der Waals surface area (Å²) in [6, 6.07) is 18.5. The SMILES string of the molecule is Cc1ccc(COc2c(C=Nn3c(=O)[nH]c4ccccc4c3=O)cccc2[N+](=O)[O-])cc1. The highest BCUT2D eigenvalue weighted by Gasteiger charge is 2.19. The lowest BCUT2D eigenvalue weighted by molar-refractivity contribution is -0.385. The standard InChI is InChI=1S/C23H18N4O5/c1-15-9-11-16(12-10-15)14-32-21-17(5-4-8-20(21)27(30)31)13-24-26-22(28)18-6-2-3-7-19(18)25-23(26)29/h2-13H,14H2,1H3,(H,25,29). The summed E-state index contributed by atoms with van der Waals surface area (Å²) in [6.45, 7) is 2.06. The van der Waals surface area contributed by atoms with Gasteiger partial charge in [-0.25, -0.2) is 4.79 Å². The van der Waals surface area contributed by atoms with E-state index in [1.165, 1.54) is 18.3 Å². The van der Waals surface area contributed by atoms with Gasteiger partial charge in [-0.05, 0) is 30.7 Å². The van der Waals surface area contributed by atoms with Crippen molar-refractivity contribution in [2.75, 3.05) is 0 Å². The number of fused-ring (bicyclic) bond motifs is 1. The monoisotopic (exact) mass is 430 g/mol. The summed E-state index contributed by atoms with van der Waals surface area (Å²) >= 11 is 0. The van der Waals surface area contributed by atoms with Gasteiger partial charge in [-0.15, -0.1) is 4.68 Å². The molecule has 0 atom stereocenters. The number of nitro benzene ring substituents is 1. The van der Waals surface area contributed by atoms with E-state index in [1.807, 2.05) is 31.2 Å². The second kappa shape index (κ2) is 8.68. The molecule has 4 rings (SSSR count).